The maximum atomic E-state index is 11.8. The van der Waals surface area contributed by atoms with E-state index in [4.69, 9.17) is 0 Å². The van der Waals surface area contributed by atoms with Crippen LogP contribution in [0.15, 0.2) is 0 Å². The SMILES string of the molecule is CC(C)(C)CCS(=O)(=O)NCC1(O)CCCCC1. The summed E-state index contributed by atoms with van der Waals surface area (Å²) in [5.74, 6) is 0.132. The van der Waals surface area contributed by atoms with Crippen molar-refractivity contribution in [2.24, 2.45) is 5.41 Å². The van der Waals surface area contributed by atoms with E-state index in [9.17, 15) is 13.5 Å². The standard InChI is InChI=1S/C13H27NO3S/c1-12(2,3)9-10-18(16,17)14-11-13(15)7-5-4-6-8-13/h14-15H,4-11H2,1-3H3. The zero-order valence-corrected chi connectivity index (χ0v) is 12.6. The van der Waals surface area contributed by atoms with Crippen molar-refractivity contribution in [3.8, 4) is 0 Å². The predicted molar refractivity (Wildman–Crippen MR) is 73.9 cm³/mol. The maximum absolute atomic E-state index is 11.8. The lowest BCUT2D eigenvalue weighted by atomic mass is 9.85. The molecule has 0 amide bonds. The summed E-state index contributed by atoms with van der Waals surface area (Å²) in [6.07, 6.45) is 5.14. The zero-order valence-electron chi connectivity index (χ0n) is 11.8. The van der Waals surface area contributed by atoms with E-state index in [-0.39, 0.29) is 17.7 Å². The molecule has 1 rings (SSSR count). The molecular weight excluding hydrogens is 250 g/mol. The Kier molecular flexibility index (Phi) is 5.21. The fraction of sp³-hybridized carbons (Fsp3) is 1.00. The second kappa shape index (κ2) is 5.88. The van der Waals surface area contributed by atoms with Gasteiger partial charge in [-0.2, -0.15) is 0 Å². The van der Waals surface area contributed by atoms with Crippen LogP contribution in [0, 0.1) is 5.41 Å². The smallest absolute Gasteiger partial charge is 0.211 e. The molecule has 0 saturated heterocycles. The van der Waals surface area contributed by atoms with Crippen LogP contribution in [0.4, 0.5) is 0 Å². The molecule has 2 N–H and O–H groups in total. The molecule has 1 aliphatic carbocycles. The van der Waals surface area contributed by atoms with Crippen LogP contribution in [-0.4, -0.2) is 31.4 Å². The molecule has 0 aromatic rings. The molecule has 0 unspecified atom stereocenters. The van der Waals surface area contributed by atoms with Crippen LogP contribution >= 0.6 is 0 Å². The molecule has 5 heteroatoms. The number of sulfonamides is 1. The van der Waals surface area contributed by atoms with Crippen molar-refractivity contribution in [3.63, 3.8) is 0 Å². The van der Waals surface area contributed by atoms with Gasteiger partial charge >= 0.3 is 0 Å². The van der Waals surface area contributed by atoms with E-state index in [1.807, 2.05) is 20.8 Å². The molecule has 18 heavy (non-hydrogen) atoms. The van der Waals surface area contributed by atoms with Gasteiger partial charge in [0.25, 0.3) is 0 Å². The first kappa shape index (κ1) is 15.9. The molecule has 0 heterocycles. The molecule has 1 fully saturated rings. The first-order valence-electron chi connectivity index (χ1n) is 6.82. The van der Waals surface area contributed by atoms with Gasteiger partial charge in [-0.05, 0) is 24.7 Å². The van der Waals surface area contributed by atoms with Crippen LogP contribution in [0.2, 0.25) is 0 Å². The van der Waals surface area contributed by atoms with E-state index >= 15 is 0 Å². The molecule has 0 spiro atoms. The van der Waals surface area contributed by atoms with Crippen LogP contribution in [0.25, 0.3) is 0 Å². The minimum absolute atomic E-state index is 0.0104. The summed E-state index contributed by atoms with van der Waals surface area (Å²) in [5, 5.41) is 10.2. The van der Waals surface area contributed by atoms with Crippen molar-refractivity contribution < 1.29 is 13.5 Å². The minimum atomic E-state index is -3.26. The van der Waals surface area contributed by atoms with E-state index in [0.717, 1.165) is 19.3 Å². The topological polar surface area (TPSA) is 66.4 Å². The first-order chi connectivity index (χ1) is 8.12. The number of hydrogen-bond donors (Lipinski definition) is 2. The van der Waals surface area contributed by atoms with E-state index in [2.05, 4.69) is 4.72 Å². The summed E-state index contributed by atoms with van der Waals surface area (Å²) in [5.41, 5.74) is -0.816. The van der Waals surface area contributed by atoms with Gasteiger partial charge in [0.1, 0.15) is 0 Å². The molecule has 0 aromatic heterocycles. The lowest BCUT2D eigenvalue weighted by molar-refractivity contribution is 0.00945. The van der Waals surface area contributed by atoms with Crippen LogP contribution in [0.5, 0.6) is 0 Å². The minimum Gasteiger partial charge on any atom is -0.389 e. The molecular formula is C13H27NO3S. The van der Waals surface area contributed by atoms with Crippen LogP contribution in [-0.2, 0) is 10.0 Å². The van der Waals surface area contributed by atoms with Crippen molar-refractivity contribution in [1.29, 1.82) is 0 Å². The van der Waals surface area contributed by atoms with Crippen molar-refractivity contribution in [1.82, 2.24) is 4.72 Å². The summed E-state index contributed by atoms with van der Waals surface area (Å²) < 4.78 is 26.2. The molecule has 1 saturated carbocycles. The van der Waals surface area contributed by atoms with Crippen molar-refractivity contribution >= 4 is 10.0 Å². The highest BCUT2D eigenvalue weighted by Gasteiger charge is 2.30. The first-order valence-corrected chi connectivity index (χ1v) is 8.47. The number of aliphatic hydroxyl groups is 1. The Balaban J connectivity index is 2.41. The fourth-order valence-corrected chi connectivity index (χ4v) is 3.66. The Bertz CT molecular complexity index is 351. The maximum Gasteiger partial charge on any atom is 0.211 e. The number of nitrogens with one attached hydrogen (secondary N) is 1. The summed E-state index contributed by atoms with van der Waals surface area (Å²) in [7, 11) is -3.26. The zero-order chi connectivity index (χ0) is 13.9. The Morgan fingerprint density at radius 3 is 2.22 bits per heavy atom. The van der Waals surface area contributed by atoms with Gasteiger partial charge in [-0.3, -0.25) is 0 Å². The van der Waals surface area contributed by atoms with Crippen LogP contribution < -0.4 is 4.72 Å². The highest BCUT2D eigenvalue weighted by atomic mass is 32.2. The largest absolute Gasteiger partial charge is 0.389 e. The Hall–Kier alpha value is -0.130. The quantitative estimate of drug-likeness (QED) is 0.808. The molecule has 108 valence electrons. The highest BCUT2D eigenvalue weighted by Crippen LogP contribution is 2.27. The van der Waals surface area contributed by atoms with Crippen molar-refractivity contribution in [2.45, 2.75) is 64.9 Å². The lowest BCUT2D eigenvalue weighted by Crippen LogP contribution is -2.44. The van der Waals surface area contributed by atoms with Gasteiger partial charge in [-0.15, -0.1) is 0 Å². The summed E-state index contributed by atoms with van der Waals surface area (Å²) in [4.78, 5) is 0. The second-order valence-corrected chi connectivity index (χ2v) is 8.66. The molecule has 0 atom stereocenters. The fourth-order valence-electron chi connectivity index (χ4n) is 2.14. The average Bonchev–Trinajstić information content (AvgIpc) is 2.25. The third-order valence-electron chi connectivity index (χ3n) is 3.53. The molecule has 0 aliphatic heterocycles. The summed E-state index contributed by atoms with van der Waals surface area (Å²) in [6.45, 7) is 6.24. The van der Waals surface area contributed by atoms with Gasteiger partial charge in [-0.25, -0.2) is 13.1 Å². The van der Waals surface area contributed by atoms with Gasteiger partial charge in [0.05, 0.1) is 11.4 Å². The van der Waals surface area contributed by atoms with Crippen molar-refractivity contribution in [3.05, 3.63) is 0 Å². The Morgan fingerprint density at radius 2 is 1.72 bits per heavy atom. The molecule has 0 bridgehead atoms. The molecule has 0 radical (unpaired) electrons. The third kappa shape index (κ3) is 6.16. The van der Waals surface area contributed by atoms with E-state index in [1.165, 1.54) is 0 Å². The second-order valence-electron chi connectivity index (χ2n) is 6.74. The summed E-state index contributed by atoms with van der Waals surface area (Å²) in [6, 6.07) is 0. The normalized spacial score (nSPS) is 20.9. The van der Waals surface area contributed by atoms with Gasteiger partial charge in [0.15, 0.2) is 0 Å². The van der Waals surface area contributed by atoms with Gasteiger partial charge in [0, 0.05) is 6.54 Å². The van der Waals surface area contributed by atoms with Gasteiger partial charge in [0.2, 0.25) is 10.0 Å². The van der Waals surface area contributed by atoms with E-state index < -0.39 is 15.6 Å². The van der Waals surface area contributed by atoms with Crippen LogP contribution in [0.1, 0.15) is 59.3 Å². The summed E-state index contributed by atoms with van der Waals surface area (Å²) >= 11 is 0. The Morgan fingerprint density at radius 1 is 1.17 bits per heavy atom. The number of hydrogen-bond acceptors (Lipinski definition) is 3. The average molecular weight is 277 g/mol. The molecule has 4 nitrogen and oxygen atoms in total. The van der Waals surface area contributed by atoms with E-state index in [0.29, 0.717) is 19.3 Å². The highest BCUT2D eigenvalue weighted by molar-refractivity contribution is 7.89. The predicted octanol–water partition coefficient (Wildman–Crippen LogP) is 2.04. The van der Waals surface area contributed by atoms with Crippen molar-refractivity contribution in [2.75, 3.05) is 12.3 Å². The molecule has 0 aromatic carbocycles. The monoisotopic (exact) mass is 277 g/mol. The lowest BCUT2D eigenvalue weighted by Gasteiger charge is -2.32. The van der Waals surface area contributed by atoms with Crippen LogP contribution in [0.3, 0.4) is 0 Å². The Labute approximate surface area is 111 Å². The van der Waals surface area contributed by atoms with Gasteiger partial charge < -0.3 is 5.11 Å². The number of rotatable bonds is 5. The van der Waals surface area contributed by atoms with Gasteiger partial charge in [-0.1, -0.05) is 40.0 Å². The van der Waals surface area contributed by atoms with E-state index in [1.54, 1.807) is 0 Å². The third-order valence-corrected chi connectivity index (χ3v) is 4.85. The molecule has 1 aliphatic rings.